The van der Waals surface area contributed by atoms with Crippen molar-refractivity contribution in [1.82, 2.24) is 9.47 Å². The van der Waals surface area contributed by atoms with E-state index in [2.05, 4.69) is 17.2 Å². The maximum Gasteiger partial charge on any atom is 0.256 e. The van der Waals surface area contributed by atoms with Crippen LogP contribution in [0.25, 0.3) is 11.1 Å². The number of ether oxygens (including phenoxy) is 1. The van der Waals surface area contributed by atoms with Gasteiger partial charge in [-0.1, -0.05) is 36.9 Å². The average Bonchev–Trinajstić information content (AvgIpc) is 3.94. The van der Waals surface area contributed by atoms with Gasteiger partial charge < -0.3 is 24.8 Å². The van der Waals surface area contributed by atoms with Gasteiger partial charge in [0.05, 0.1) is 24.5 Å². The van der Waals surface area contributed by atoms with Crippen molar-refractivity contribution in [2.45, 2.75) is 32.1 Å². The molecule has 0 radical (unpaired) electrons. The number of aromatic nitrogens is 1. The maximum absolute atomic E-state index is 13.3. The number of anilines is 2. The molecule has 240 valence electrons. The van der Waals surface area contributed by atoms with Crippen LogP contribution in [-0.4, -0.2) is 53.5 Å². The van der Waals surface area contributed by atoms with Gasteiger partial charge in [0, 0.05) is 49.6 Å². The lowest BCUT2D eigenvalue weighted by Gasteiger charge is -2.27. The Labute approximate surface area is 273 Å². The van der Waals surface area contributed by atoms with Gasteiger partial charge in [-0.3, -0.25) is 19.2 Å². The molecule has 9 nitrogen and oxygen atoms in total. The number of nitrogens with zero attached hydrogens (tertiary/aromatic N) is 2. The molecule has 1 saturated heterocycles. The second kappa shape index (κ2) is 13.6. The number of benzene rings is 3. The molecule has 1 aliphatic heterocycles. The lowest BCUT2D eigenvalue weighted by atomic mass is 9.96. The molecule has 3 amide bonds. The van der Waals surface area contributed by atoms with Gasteiger partial charge in [-0.25, -0.2) is 0 Å². The van der Waals surface area contributed by atoms with Gasteiger partial charge in [0.25, 0.3) is 17.4 Å². The van der Waals surface area contributed by atoms with E-state index in [1.54, 1.807) is 34.8 Å². The molecule has 1 aromatic heterocycles. The van der Waals surface area contributed by atoms with Gasteiger partial charge in [-0.05, 0) is 96.0 Å². The number of hydrogen-bond donors (Lipinski definition) is 2. The summed E-state index contributed by atoms with van der Waals surface area (Å²) in [5.74, 6) is -0.186. The Hall–Kier alpha value is -5.28. The van der Waals surface area contributed by atoms with Crippen molar-refractivity contribution in [3.05, 3.63) is 129 Å². The third-order valence-electron chi connectivity index (χ3n) is 8.82. The Morgan fingerprint density at radius 1 is 0.957 bits per heavy atom. The molecule has 2 fully saturated rings. The molecule has 0 atom stereocenters. The Morgan fingerprint density at radius 2 is 1.70 bits per heavy atom. The first-order valence-corrected chi connectivity index (χ1v) is 15.9. The Kier molecular flexibility index (Phi) is 9.17. The summed E-state index contributed by atoms with van der Waals surface area (Å²) in [5.41, 5.74) is 7.02. The first-order valence-electron chi connectivity index (χ1n) is 15.9. The highest BCUT2D eigenvalue weighted by Gasteiger charge is 2.24. The predicted octanol–water partition coefficient (Wildman–Crippen LogP) is 5.68. The molecule has 6 rings (SSSR count). The third kappa shape index (κ3) is 7.10. The normalized spacial score (nSPS) is 14.4. The standard InChI is InChI=1S/C38H38N4O5/c1-4-35(43)39-34-21-25(8-15-32(34)38(46)42-16-18-47-19-17-42)20-29-22-30(23-41(3)37(29)45)31-6-5-7-33(24(31)2)40-36(44)28-13-11-27(12-14-28)26-9-10-26/h4-8,11-15,21-23,26H,1,9-10,16-20H2,2-3H3,(H,39,43)(H,40,44). The number of carbonyl (C=O) groups excluding carboxylic acids is 3. The number of aryl methyl sites for hydroxylation is 1. The molecule has 3 aromatic carbocycles. The van der Waals surface area contributed by atoms with Crippen molar-refractivity contribution < 1.29 is 19.1 Å². The minimum Gasteiger partial charge on any atom is -0.378 e. The van der Waals surface area contributed by atoms with Gasteiger partial charge >= 0.3 is 0 Å². The monoisotopic (exact) mass is 630 g/mol. The van der Waals surface area contributed by atoms with Crippen molar-refractivity contribution in [3.63, 3.8) is 0 Å². The summed E-state index contributed by atoms with van der Waals surface area (Å²) in [7, 11) is 1.71. The molecule has 2 N–H and O–H groups in total. The van der Waals surface area contributed by atoms with Crippen LogP contribution >= 0.6 is 0 Å². The quantitative estimate of drug-likeness (QED) is 0.232. The predicted molar refractivity (Wildman–Crippen MR) is 183 cm³/mol. The summed E-state index contributed by atoms with van der Waals surface area (Å²) in [6, 6.07) is 20.6. The largest absolute Gasteiger partial charge is 0.378 e. The van der Waals surface area contributed by atoms with Crippen LogP contribution in [0.2, 0.25) is 0 Å². The van der Waals surface area contributed by atoms with Gasteiger partial charge in [-0.15, -0.1) is 0 Å². The SMILES string of the molecule is C=CC(=O)Nc1cc(Cc2cc(-c3cccc(NC(=O)c4ccc(C5CC5)cc4)c3C)cn(C)c2=O)ccc1C(=O)N1CCOCC1. The Bertz CT molecular complexity index is 1920. The zero-order valence-electron chi connectivity index (χ0n) is 26.7. The number of nitrogens with one attached hydrogen (secondary N) is 2. The van der Waals surface area contributed by atoms with E-state index in [4.69, 9.17) is 4.74 Å². The summed E-state index contributed by atoms with van der Waals surface area (Å²) >= 11 is 0. The fourth-order valence-corrected chi connectivity index (χ4v) is 5.99. The van der Waals surface area contributed by atoms with Crippen LogP contribution in [-0.2, 0) is 23.0 Å². The van der Waals surface area contributed by atoms with E-state index in [0.717, 1.165) is 28.3 Å². The highest BCUT2D eigenvalue weighted by molar-refractivity contribution is 6.07. The van der Waals surface area contributed by atoms with Crippen LogP contribution in [0.5, 0.6) is 0 Å². The van der Waals surface area contributed by atoms with Crippen LogP contribution in [0.4, 0.5) is 11.4 Å². The van der Waals surface area contributed by atoms with Crippen molar-refractivity contribution in [3.8, 4) is 11.1 Å². The molecular weight excluding hydrogens is 592 g/mol. The van der Waals surface area contributed by atoms with Crippen LogP contribution in [0, 0.1) is 6.92 Å². The van der Waals surface area contributed by atoms with Crippen molar-refractivity contribution >= 4 is 29.1 Å². The molecule has 1 aliphatic carbocycles. The zero-order valence-corrected chi connectivity index (χ0v) is 26.7. The average molecular weight is 631 g/mol. The van der Waals surface area contributed by atoms with Crippen LogP contribution in [0.15, 0.2) is 90.4 Å². The lowest BCUT2D eigenvalue weighted by molar-refractivity contribution is -0.111. The van der Waals surface area contributed by atoms with Gasteiger partial charge in [0.1, 0.15) is 0 Å². The fourth-order valence-electron chi connectivity index (χ4n) is 5.99. The zero-order chi connectivity index (χ0) is 33.1. The van der Waals surface area contributed by atoms with Gasteiger partial charge in [0.2, 0.25) is 5.91 Å². The molecule has 2 aliphatic rings. The summed E-state index contributed by atoms with van der Waals surface area (Å²) in [6.45, 7) is 7.34. The third-order valence-corrected chi connectivity index (χ3v) is 8.82. The van der Waals surface area contributed by atoms with Crippen molar-refractivity contribution in [1.29, 1.82) is 0 Å². The summed E-state index contributed by atoms with van der Waals surface area (Å²) in [4.78, 5) is 53.8. The number of carbonyl (C=O) groups is 3. The highest BCUT2D eigenvalue weighted by Crippen LogP contribution is 2.40. The molecule has 0 unspecified atom stereocenters. The summed E-state index contributed by atoms with van der Waals surface area (Å²) < 4.78 is 6.93. The van der Waals surface area contributed by atoms with E-state index >= 15 is 0 Å². The summed E-state index contributed by atoms with van der Waals surface area (Å²) in [5, 5.41) is 5.83. The van der Waals surface area contributed by atoms with E-state index in [1.807, 2.05) is 61.5 Å². The van der Waals surface area contributed by atoms with Crippen LogP contribution < -0.4 is 16.2 Å². The molecule has 4 aromatic rings. The lowest BCUT2D eigenvalue weighted by Crippen LogP contribution is -2.41. The van der Waals surface area contributed by atoms with Crippen molar-refractivity contribution in [2.75, 3.05) is 36.9 Å². The van der Waals surface area contributed by atoms with Gasteiger partial charge in [-0.2, -0.15) is 0 Å². The number of pyridine rings is 1. The van der Waals surface area contributed by atoms with E-state index < -0.39 is 5.91 Å². The number of hydrogen-bond acceptors (Lipinski definition) is 5. The van der Waals surface area contributed by atoms with E-state index in [0.29, 0.717) is 60.3 Å². The van der Waals surface area contributed by atoms with E-state index in [9.17, 15) is 19.2 Å². The topological polar surface area (TPSA) is 110 Å². The first-order chi connectivity index (χ1) is 22.7. The minimum atomic E-state index is -0.436. The number of morpholine rings is 1. The smallest absolute Gasteiger partial charge is 0.256 e. The van der Waals surface area contributed by atoms with Crippen LogP contribution in [0.3, 0.4) is 0 Å². The summed E-state index contributed by atoms with van der Waals surface area (Å²) in [6.07, 6.45) is 5.63. The fraction of sp³-hybridized carbons (Fsp3) is 0.263. The highest BCUT2D eigenvalue weighted by atomic mass is 16.5. The number of amides is 3. The Morgan fingerprint density at radius 3 is 2.40 bits per heavy atom. The molecule has 9 heteroatoms. The molecule has 1 saturated carbocycles. The van der Waals surface area contributed by atoms with Gasteiger partial charge in [0.15, 0.2) is 0 Å². The second-order valence-electron chi connectivity index (χ2n) is 12.2. The van der Waals surface area contributed by atoms with E-state index in [1.165, 1.54) is 18.4 Å². The van der Waals surface area contributed by atoms with Crippen molar-refractivity contribution in [2.24, 2.45) is 7.05 Å². The first kappa shape index (κ1) is 31.7. The molecule has 47 heavy (non-hydrogen) atoms. The maximum atomic E-state index is 13.3. The molecule has 0 bridgehead atoms. The second-order valence-corrected chi connectivity index (χ2v) is 12.2. The Balaban J connectivity index is 1.27. The van der Waals surface area contributed by atoms with Crippen LogP contribution in [0.1, 0.15) is 61.7 Å². The molecule has 2 heterocycles. The van der Waals surface area contributed by atoms with E-state index in [-0.39, 0.29) is 23.8 Å². The molecular formula is C38H38N4O5. The molecule has 0 spiro atoms. The number of rotatable bonds is 9. The minimum absolute atomic E-state index is 0.157.